The molecule has 1 rings (SSSR count). The Hall–Kier alpha value is -1.02. The van der Waals surface area contributed by atoms with Crippen molar-refractivity contribution in [3.63, 3.8) is 0 Å². The normalized spacial score (nSPS) is 23.8. The molecule has 2 atom stereocenters. The minimum Gasteiger partial charge on any atom is -0.391 e. The topological polar surface area (TPSA) is 61.8 Å². The Morgan fingerprint density at radius 3 is 2.80 bits per heavy atom. The number of amides is 2. The molecule has 0 bridgehead atoms. The van der Waals surface area contributed by atoms with E-state index in [0.717, 1.165) is 6.42 Å². The van der Waals surface area contributed by atoms with Gasteiger partial charge in [0, 0.05) is 26.2 Å². The number of halogens is 3. The molecular formula is C12H21F3N2O3. The second kappa shape index (κ2) is 7.68. The number of nitrogens with one attached hydrogen (secondary N) is 1. The zero-order valence-corrected chi connectivity index (χ0v) is 11.4. The van der Waals surface area contributed by atoms with Gasteiger partial charge in [0.25, 0.3) is 0 Å². The quantitative estimate of drug-likeness (QED) is 0.754. The molecule has 0 aromatic carbocycles. The molecule has 1 heterocycles. The number of likely N-dealkylation sites (tertiary alicyclic amines) is 1. The van der Waals surface area contributed by atoms with Gasteiger partial charge in [0.2, 0.25) is 0 Å². The molecule has 0 aromatic heterocycles. The van der Waals surface area contributed by atoms with Gasteiger partial charge in [-0.3, -0.25) is 0 Å². The average molecular weight is 298 g/mol. The minimum absolute atomic E-state index is 0.0561. The molecule has 20 heavy (non-hydrogen) atoms. The Morgan fingerprint density at radius 2 is 2.20 bits per heavy atom. The van der Waals surface area contributed by atoms with E-state index in [0.29, 0.717) is 13.0 Å². The minimum atomic E-state index is -4.32. The summed E-state index contributed by atoms with van der Waals surface area (Å²) in [7, 11) is 0. The first-order chi connectivity index (χ1) is 9.29. The van der Waals surface area contributed by atoms with Crippen molar-refractivity contribution < 1.29 is 27.8 Å². The fourth-order valence-electron chi connectivity index (χ4n) is 1.90. The van der Waals surface area contributed by atoms with Gasteiger partial charge >= 0.3 is 12.2 Å². The Morgan fingerprint density at radius 1 is 1.50 bits per heavy atom. The number of nitrogens with zero attached hydrogens (tertiary/aromatic N) is 1. The van der Waals surface area contributed by atoms with Gasteiger partial charge in [0.05, 0.1) is 6.10 Å². The molecule has 2 unspecified atom stereocenters. The Kier molecular flexibility index (Phi) is 6.54. The summed E-state index contributed by atoms with van der Waals surface area (Å²) in [5.74, 6) is 0.176. The summed E-state index contributed by atoms with van der Waals surface area (Å²) in [4.78, 5) is 13.2. The van der Waals surface area contributed by atoms with Crippen LogP contribution in [0.3, 0.4) is 0 Å². The lowest BCUT2D eigenvalue weighted by atomic mass is 9.96. The maximum Gasteiger partial charge on any atom is 0.411 e. The van der Waals surface area contributed by atoms with Crippen LogP contribution < -0.4 is 5.32 Å². The van der Waals surface area contributed by atoms with Crippen LogP contribution in [-0.4, -0.2) is 61.2 Å². The van der Waals surface area contributed by atoms with Crippen molar-refractivity contribution in [2.75, 3.05) is 32.8 Å². The van der Waals surface area contributed by atoms with Crippen LogP contribution in [0.2, 0.25) is 0 Å². The molecule has 2 amide bonds. The van der Waals surface area contributed by atoms with Gasteiger partial charge in [-0.2, -0.15) is 13.2 Å². The van der Waals surface area contributed by atoms with Crippen molar-refractivity contribution in [1.82, 2.24) is 10.2 Å². The van der Waals surface area contributed by atoms with E-state index in [1.165, 1.54) is 4.90 Å². The van der Waals surface area contributed by atoms with E-state index in [9.17, 15) is 23.1 Å². The van der Waals surface area contributed by atoms with Crippen molar-refractivity contribution in [2.24, 2.45) is 5.92 Å². The molecule has 0 radical (unpaired) electrons. The van der Waals surface area contributed by atoms with Gasteiger partial charge in [0.1, 0.15) is 6.61 Å². The molecule has 1 fully saturated rings. The third kappa shape index (κ3) is 6.42. The number of β-amino-alcohol motifs (C(OH)–C–C–N with tert-alkyl or cyclic N) is 1. The molecule has 0 aromatic rings. The number of rotatable bonds is 5. The fraction of sp³-hybridized carbons (Fsp3) is 0.917. The van der Waals surface area contributed by atoms with Crippen LogP contribution >= 0.6 is 0 Å². The lowest BCUT2D eigenvalue weighted by Gasteiger charge is -2.34. The standard InChI is InChI=1S/C12H21F3N2O3/c1-9-3-5-17(7-10(9)18)11(19)16-4-2-6-20-8-12(13,14)15/h9-10,18H,2-8H2,1H3,(H,16,19). The average Bonchev–Trinajstić information content (AvgIpc) is 2.35. The Labute approximate surface area is 116 Å². The van der Waals surface area contributed by atoms with E-state index >= 15 is 0 Å². The summed E-state index contributed by atoms with van der Waals surface area (Å²) in [6.45, 7) is 1.72. The summed E-state index contributed by atoms with van der Waals surface area (Å²) < 4.78 is 39.8. The third-order valence-electron chi connectivity index (χ3n) is 3.21. The first-order valence-electron chi connectivity index (χ1n) is 6.65. The van der Waals surface area contributed by atoms with Crippen LogP contribution in [0.5, 0.6) is 0 Å². The Balaban J connectivity index is 2.09. The van der Waals surface area contributed by atoms with E-state index in [2.05, 4.69) is 10.1 Å². The first-order valence-corrected chi connectivity index (χ1v) is 6.65. The van der Waals surface area contributed by atoms with E-state index < -0.39 is 18.9 Å². The highest BCUT2D eigenvalue weighted by Gasteiger charge is 2.28. The summed E-state index contributed by atoms with van der Waals surface area (Å²) in [5.41, 5.74) is 0. The zero-order valence-electron chi connectivity index (χ0n) is 11.4. The van der Waals surface area contributed by atoms with Gasteiger partial charge in [-0.1, -0.05) is 6.92 Å². The van der Waals surface area contributed by atoms with Crippen LogP contribution in [-0.2, 0) is 4.74 Å². The van der Waals surface area contributed by atoms with Crippen molar-refractivity contribution in [2.45, 2.75) is 32.0 Å². The zero-order chi connectivity index (χ0) is 15.2. The number of hydrogen-bond donors (Lipinski definition) is 2. The molecule has 8 heteroatoms. The number of ether oxygens (including phenoxy) is 1. The Bertz CT molecular complexity index is 313. The van der Waals surface area contributed by atoms with E-state index in [-0.39, 0.29) is 31.6 Å². The molecule has 1 aliphatic heterocycles. The number of aliphatic hydroxyl groups excluding tert-OH is 1. The van der Waals surface area contributed by atoms with Gasteiger partial charge in [-0.15, -0.1) is 0 Å². The predicted octanol–water partition coefficient (Wildman–Crippen LogP) is 1.37. The molecule has 0 aliphatic carbocycles. The largest absolute Gasteiger partial charge is 0.411 e. The summed E-state index contributed by atoms with van der Waals surface area (Å²) in [6.07, 6.45) is -3.79. The number of alkyl halides is 3. The van der Waals surface area contributed by atoms with Crippen molar-refractivity contribution in [1.29, 1.82) is 0 Å². The van der Waals surface area contributed by atoms with Crippen LogP contribution in [0.15, 0.2) is 0 Å². The molecule has 118 valence electrons. The molecule has 0 spiro atoms. The SMILES string of the molecule is CC1CCN(C(=O)NCCCOCC(F)(F)F)CC1O. The first kappa shape index (κ1) is 17.0. The summed E-state index contributed by atoms with van der Waals surface area (Å²) in [6, 6.07) is -0.299. The number of urea groups is 1. The van der Waals surface area contributed by atoms with E-state index in [1.54, 1.807) is 0 Å². The van der Waals surface area contributed by atoms with Crippen molar-refractivity contribution in [3.8, 4) is 0 Å². The van der Waals surface area contributed by atoms with Crippen LogP contribution in [0, 0.1) is 5.92 Å². The molecular weight excluding hydrogens is 277 g/mol. The van der Waals surface area contributed by atoms with Crippen LogP contribution in [0.25, 0.3) is 0 Å². The van der Waals surface area contributed by atoms with Gasteiger partial charge < -0.3 is 20.1 Å². The summed E-state index contributed by atoms with van der Waals surface area (Å²) in [5, 5.41) is 12.3. The van der Waals surface area contributed by atoms with Gasteiger partial charge in [0.15, 0.2) is 0 Å². The number of piperidine rings is 1. The lowest BCUT2D eigenvalue weighted by molar-refractivity contribution is -0.173. The second-order valence-electron chi connectivity index (χ2n) is 5.03. The third-order valence-corrected chi connectivity index (χ3v) is 3.21. The van der Waals surface area contributed by atoms with Crippen molar-refractivity contribution in [3.05, 3.63) is 0 Å². The molecule has 2 N–H and O–H groups in total. The lowest BCUT2D eigenvalue weighted by Crippen LogP contribution is -2.49. The predicted molar refractivity (Wildman–Crippen MR) is 66.3 cm³/mol. The number of hydrogen-bond acceptors (Lipinski definition) is 3. The number of carbonyl (C=O) groups is 1. The highest BCUT2D eigenvalue weighted by Crippen LogP contribution is 2.16. The van der Waals surface area contributed by atoms with Gasteiger partial charge in [-0.25, -0.2) is 4.79 Å². The second-order valence-corrected chi connectivity index (χ2v) is 5.03. The maximum absolute atomic E-state index is 11.8. The molecule has 1 saturated heterocycles. The summed E-state index contributed by atoms with van der Waals surface area (Å²) >= 11 is 0. The van der Waals surface area contributed by atoms with E-state index in [1.807, 2.05) is 6.92 Å². The van der Waals surface area contributed by atoms with Crippen molar-refractivity contribution >= 4 is 6.03 Å². The van der Waals surface area contributed by atoms with Crippen LogP contribution in [0.1, 0.15) is 19.8 Å². The smallest absolute Gasteiger partial charge is 0.391 e. The van der Waals surface area contributed by atoms with Gasteiger partial charge in [-0.05, 0) is 18.8 Å². The maximum atomic E-state index is 11.8. The van der Waals surface area contributed by atoms with Crippen LogP contribution in [0.4, 0.5) is 18.0 Å². The highest BCUT2D eigenvalue weighted by molar-refractivity contribution is 5.74. The number of aliphatic hydroxyl groups is 1. The monoisotopic (exact) mass is 298 g/mol. The molecule has 5 nitrogen and oxygen atoms in total. The fourth-order valence-corrected chi connectivity index (χ4v) is 1.90. The molecule has 0 saturated carbocycles. The number of carbonyl (C=O) groups excluding carboxylic acids is 1. The van der Waals surface area contributed by atoms with E-state index in [4.69, 9.17) is 0 Å². The molecule has 1 aliphatic rings. The highest BCUT2D eigenvalue weighted by atomic mass is 19.4.